The molecule has 0 amide bonds. The monoisotopic (exact) mass is 248 g/mol. The molecule has 2 N–H and O–H groups in total. The molecule has 0 spiro atoms. The molecule has 1 aliphatic heterocycles. The predicted octanol–water partition coefficient (Wildman–Crippen LogP) is 1.92. The van der Waals surface area contributed by atoms with Crippen molar-refractivity contribution in [3.63, 3.8) is 0 Å². The van der Waals surface area contributed by atoms with E-state index in [1.54, 1.807) is 0 Å². The zero-order valence-corrected chi connectivity index (χ0v) is 11.4. The van der Waals surface area contributed by atoms with Crippen LogP contribution in [0.2, 0.25) is 0 Å². The van der Waals surface area contributed by atoms with E-state index < -0.39 is 0 Å². The first-order chi connectivity index (χ1) is 8.74. The molecular weight excluding hydrogens is 224 g/mol. The van der Waals surface area contributed by atoms with E-state index in [2.05, 4.69) is 42.3 Å². The van der Waals surface area contributed by atoms with E-state index in [-0.39, 0.29) is 0 Å². The van der Waals surface area contributed by atoms with Gasteiger partial charge in [-0.15, -0.1) is 0 Å². The first-order valence-electron chi connectivity index (χ1n) is 6.90. The van der Waals surface area contributed by atoms with Crippen LogP contribution in [0.4, 0.5) is 5.69 Å². The Labute approximate surface area is 110 Å². The maximum Gasteiger partial charge on any atom is 0.0476 e. The minimum atomic E-state index is 0.313. The highest BCUT2D eigenvalue weighted by Gasteiger charge is 2.21. The maximum atomic E-state index is 9.19. The first-order valence-corrected chi connectivity index (χ1v) is 6.90. The second kappa shape index (κ2) is 6.21. The van der Waals surface area contributed by atoms with Crippen molar-refractivity contribution in [3.8, 4) is 0 Å². The number of nitrogens with one attached hydrogen (secondary N) is 1. The lowest BCUT2D eigenvalue weighted by Gasteiger charge is -2.20. The third-order valence-corrected chi connectivity index (χ3v) is 3.80. The van der Waals surface area contributed by atoms with Crippen LogP contribution in [0.3, 0.4) is 0 Å². The maximum absolute atomic E-state index is 9.19. The van der Waals surface area contributed by atoms with Gasteiger partial charge in [-0.25, -0.2) is 0 Å². The number of rotatable bonds is 5. The van der Waals surface area contributed by atoms with Crippen LogP contribution in [0.25, 0.3) is 0 Å². The number of hydrogen-bond acceptors (Lipinski definition) is 3. The number of aliphatic hydroxyl groups excluding tert-OH is 1. The van der Waals surface area contributed by atoms with E-state index in [0.717, 1.165) is 32.6 Å². The lowest BCUT2D eigenvalue weighted by molar-refractivity contribution is 0.238. The molecule has 1 saturated heterocycles. The van der Waals surface area contributed by atoms with Crippen LogP contribution in [-0.4, -0.2) is 31.3 Å². The first kappa shape index (κ1) is 13.4. The average Bonchev–Trinajstić information content (AvgIpc) is 2.86. The molecule has 2 rings (SSSR count). The highest BCUT2D eigenvalue weighted by atomic mass is 16.3. The van der Waals surface area contributed by atoms with Gasteiger partial charge in [0, 0.05) is 37.8 Å². The van der Waals surface area contributed by atoms with E-state index in [1.807, 2.05) is 0 Å². The molecular formula is C15H24N2O. The molecule has 1 atom stereocenters. The second-order valence-corrected chi connectivity index (χ2v) is 5.17. The number of aliphatic hydroxyl groups is 1. The van der Waals surface area contributed by atoms with E-state index in [9.17, 15) is 5.11 Å². The highest BCUT2D eigenvalue weighted by Crippen LogP contribution is 2.25. The molecule has 0 aromatic heterocycles. The summed E-state index contributed by atoms with van der Waals surface area (Å²) in [6, 6.07) is 6.70. The molecule has 100 valence electrons. The number of aryl methyl sites for hydroxylation is 1. The SMILES string of the molecule is CCNCc1ccc(N2CCC(CO)C2)cc1C. The fraction of sp³-hybridized carbons (Fsp3) is 0.600. The summed E-state index contributed by atoms with van der Waals surface area (Å²) >= 11 is 0. The van der Waals surface area contributed by atoms with Crippen molar-refractivity contribution in [2.24, 2.45) is 5.92 Å². The topological polar surface area (TPSA) is 35.5 Å². The van der Waals surface area contributed by atoms with Gasteiger partial charge in [0.1, 0.15) is 0 Å². The highest BCUT2D eigenvalue weighted by molar-refractivity contribution is 5.51. The van der Waals surface area contributed by atoms with Crippen molar-refractivity contribution in [2.75, 3.05) is 31.1 Å². The van der Waals surface area contributed by atoms with E-state index >= 15 is 0 Å². The molecule has 1 aromatic rings. The smallest absolute Gasteiger partial charge is 0.0476 e. The van der Waals surface area contributed by atoms with Crippen LogP contribution < -0.4 is 10.2 Å². The van der Waals surface area contributed by atoms with Crippen molar-refractivity contribution >= 4 is 5.69 Å². The van der Waals surface area contributed by atoms with Gasteiger partial charge in [-0.2, -0.15) is 0 Å². The number of anilines is 1. The minimum absolute atomic E-state index is 0.313. The standard InChI is InChI=1S/C15H24N2O/c1-3-16-9-14-4-5-15(8-12(14)2)17-7-6-13(10-17)11-18/h4-5,8,13,16,18H,3,6-7,9-11H2,1-2H3. The Morgan fingerprint density at radius 1 is 1.44 bits per heavy atom. The summed E-state index contributed by atoms with van der Waals surface area (Å²) < 4.78 is 0. The largest absolute Gasteiger partial charge is 0.396 e. The van der Waals surface area contributed by atoms with Crippen molar-refractivity contribution < 1.29 is 5.11 Å². The Hall–Kier alpha value is -1.06. The Kier molecular flexibility index (Phi) is 4.61. The number of nitrogens with zero attached hydrogens (tertiary/aromatic N) is 1. The second-order valence-electron chi connectivity index (χ2n) is 5.17. The van der Waals surface area contributed by atoms with Gasteiger partial charge in [0.25, 0.3) is 0 Å². The molecule has 1 unspecified atom stereocenters. The zero-order valence-electron chi connectivity index (χ0n) is 11.4. The molecule has 0 bridgehead atoms. The summed E-state index contributed by atoms with van der Waals surface area (Å²) in [5, 5.41) is 12.6. The fourth-order valence-corrected chi connectivity index (χ4v) is 2.55. The Morgan fingerprint density at radius 2 is 2.28 bits per heavy atom. The van der Waals surface area contributed by atoms with Crippen molar-refractivity contribution in [3.05, 3.63) is 29.3 Å². The van der Waals surface area contributed by atoms with Gasteiger partial charge in [-0.3, -0.25) is 0 Å². The van der Waals surface area contributed by atoms with Gasteiger partial charge < -0.3 is 15.3 Å². The summed E-state index contributed by atoms with van der Waals surface area (Å²) in [7, 11) is 0. The molecule has 1 fully saturated rings. The third-order valence-electron chi connectivity index (χ3n) is 3.80. The van der Waals surface area contributed by atoms with Crippen LogP contribution in [0.1, 0.15) is 24.5 Å². The molecule has 1 heterocycles. The van der Waals surface area contributed by atoms with E-state index in [0.29, 0.717) is 12.5 Å². The van der Waals surface area contributed by atoms with Crippen molar-refractivity contribution in [2.45, 2.75) is 26.8 Å². The fourth-order valence-electron chi connectivity index (χ4n) is 2.55. The van der Waals surface area contributed by atoms with Gasteiger partial charge in [-0.1, -0.05) is 13.0 Å². The van der Waals surface area contributed by atoms with Gasteiger partial charge >= 0.3 is 0 Å². The van der Waals surface area contributed by atoms with Crippen molar-refractivity contribution in [1.82, 2.24) is 5.32 Å². The van der Waals surface area contributed by atoms with Crippen LogP contribution in [0.5, 0.6) is 0 Å². The van der Waals surface area contributed by atoms with E-state index in [4.69, 9.17) is 0 Å². The zero-order chi connectivity index (χ0) is 13.0. The van der Waals surface area contributed by atoms with Gasteiger partial charge in [-0.05, 0) is 43.1 Å². The summed E-state index contributed by atoms with van der Waals surface area (Å²) in [5.41, 5.74) is 4.02. The minimum Gasteiger partial charge on any atom is -0.396 e. The average molecular weight is 248 g/mol. The van der Waals surface area contributed by atoms with Crippen LogP contribution in [0.15, 0.2) is 18.2 Å². The summed E-state index contributed by atoms with van der Waals surface area (Å²) in [5.74, 6) is 0.451. The Bertz CT molecular complexity index is 392. The molecule has 1 aromatic carbocycles. The van der Waals surface area contributed by atoms with Crippen LogP contribution in [-0.2, 0) is 6.54 Å². The summed E-state index contributed by atoms with van der Waals surface area (Å²) in [4.78, 5) is 2.38. The molecule has 18 heavy (non-hydrogen) atoms. The summed E-state index contributed by atoms with van der Waals surface area (Å²) in [6.45, 7) is 8.62. The summed E-state index contributed by atoms with van der Waals surface area (Å²) in [6.07, 6.45) is 1.11. The molecule has 3 heteroatoms. The molecule has 0 radical (unpaired) electrons. The predicted molar refractivity (Wildman–Crippen MR) is 76.0 cm³/mol. The molecule has 0 saturated carbocycles. The normalized spacial score (nSPS) is 19.5. The number of benzene rings is 1. The molecule has 1 aliphatic rings. The quantitative estimate of drug-likeness (QED) is 0.835. The third kappa shape index (κ3) is 3.03. The van der Waals surface area contributed by atoms with Gasteiger partial charge in [0.2, 0.25) is 0 Å². The van der Waals surface area contributed by atoms with Crippen LogP contribution >= 0.6 is 0 Å². The Balaban J connectivity index is 2.04. The molecule has 0 aliphatic carbocycles. The molecule has 3 nitrogen and oxygen atoms in total. The number of hydrogen-bond donors (Lipinski definition) is 2. The lowest BCUT2D eigenvalue weighted by Crippen LogP contribution is -2.21. The van der Waals surface area contributed by atoms with E-state index in [1.165, 1.54) is 16.8 Å². The van der Waals surface area contributed by atoms with Crippen LogP contribution in [0, 0.1) is 12.8 Å². The lowest BCUT2D eigenvalue weighted by atomic mass is 10.1. The Morgan fingerprint density at radius 3 is 2.89 bits per heavy atom. The van der Waals surface area contributed by atoms with Gasteiger partial charge in [0.15, 0.2) is 0 Å². The van der Waals surface area contributed by atoms with Gasteiger partial charge in [0.05, 0.1) is 0 Å². The van der Waals surface area contributed by atoms with Crippen molar-refractivity contribution in [1.29, 1.82) is 0 Å².